The Labute approximate surface area is 103 Å². The molecule has 2 rings (SSSR count). The molecule has 0 bridgehead atoms. The molecule has 0 unspecified atom stereocenters. The van der Waals surface area contributed by atoms with Crippen molar-refractivity contribution < 1.29 is 14.3 Å². The van der Waals surface area contributed by atoms with E-state index >= 15 is 0 Å². The number of aliphatic hydroxyl groups is 1. The van der Waals surface area contributed by atoms with Gasteiger partial charge in [-0.1, -0.05) is 11.6 Å². The Morgan fingerprint density at radius 1 is 1.71 bits per heavy atom. The maximum Gasteiger partial charge on any atom is 0.257 e. The number of amides is 1. The summed E-state index contributed by atoms with van der Waals surface area (Å²) < 4.78 is 13.0. The number of halogens is 2. The molecule has 1 aromatic rings. The molecule has 1 atom stereocenters. The number of nitrogens with zero attached hydrogens (tertiary/aromatic N) is 2. The minimum atomic E-state index is -0.600. The van der Waals surface area contributed by atoms with E-state index in [-0.39, 0.29) is 29.3 Å². The molecule has 1 N–H and O–H groups in total. The predicted octanol–water partition coefficient (Wildman–Crippen LogP) is 1.47. The largest absolute Gasteiger partial charge is 0.394 e. The van der Waals surface area contributed by atoms with Crippen LogP contribution in [0.3, 0.4) is 0 Å². The summed E-state index contributed by atoms with van der Waals surface area (Å²) in [6.07, 6.45) is 2.55. The summed E-state index contributed by atoms with van der Waals surface area (Å²) in [6, 6.07) is 0.867. The first-order valence-corrected chi connectivity index (χ1v) is 5.74. The van der Waals surface area contributed by atoms with Crippen molar-refractivity contribution in [1.82, 2.24) is 9.88 Å². The monoisotopic (exact) mass is 258 g/mol. The molecule has 17 heavy (non-hydrogen) atoms. The van der Waals surface area contributed by atoms with Crippen LogP contribution in [0.25, 0.3) is 0 Å². The highest BCUT2D eigenvalue weighted by atomic mass is 35.5. The average molecular weight is 259 g/mol. The van der Waals surface area contributed by atoms with Gasteiger partial charge in [0, 0.05) is 6.54 Å². The number of hydrogen-bond donors (Lipinski definition) is 1. The Morgan fingerprint density at radius 3 is 3.18 bits per heavy atom. The fourth-order valence-corrected chi connectivity index (χ4v) is 2.20. The van der Waals surface area contributed by atoms with Gasteiger partial charge in [-0.25, -0.2) is 9.37 Å². The van der Waals surface area contributed by atoms with Gasteiger partial charge in [-0.3, -0.25) is 4.79 Å². The van der Waals surface area contributed by atoms with Crippen LogP contribution < -0.4 is 0 Å². The molecular weight excluding hydrogens is 247 g/mol. The summed E-state index contributed by atoms with van der Waals surface area (Å²) in [6.45, 7) is 0.461. The molecule has 0 aromatic carbocycles. The number of carbonyl (C=O) groups is 1. The van der Waals surface area contributed by atoms with E-state index in [1.807, 2.05) is 0 Å². The average Bonchev–Trinajstić information content (AvgIpc) is 2.79. The number of hydrogen-bond acceptors (Lipinski definition) is 3. The first-order chi connectivity index (χ1) is 8.13. The van der Waals surface area contributed by atoms with Gasteiger partial charge in [-0.2, -0.15) is 0 Å². The number of likely N-dealkylation sites (tertiary alicyclic amines) is 1. The lowest BCUT2D eigenvalue weighted by Gasteiger charge is -2.23. The van der Waals surface area contributed by atoms with Crippen molar-refractivity contribution in [2.45, 2.75) is 18.9 Å². The Balaban J connectivity index is 2.27. The summed E-state index contributed by atoms with van der Waals surface area (Å²) in [5.41, 5.74) is 0.0482. The van der Waals surface area contributed by atoms with Crippen LogP contribution in [0, 0.1) is 5.82 Å². The molecule has 0 radical (unpaired) electrons. The number of rotatable bonds is 2. The van der Waals surface area contributed by atoms with Gasteiger partial charge >= 0.3 is 0 Å². The summed E-state index contributed by atoms with van der Waals surface area (Å²) in [4.78, 5) is 17.2. The fourth-order valence-electron chi connectivity index (χ4n) is 2.02. The third kappa shape index (κ3) is 2.40. The third-order valence-electron chi connectivity index (χ3n) is 2.88. The van der Waals surface area contributed by atoms with Gasteiger partial charge in [0.15, 0.2) is 0 Å². The van der Waals surface area contributed by atoms with Crippen LogP contribution in [0.15, 0.2) is 12.3 Å². The molecule has 0 spiro atoms. The molecule has 0 saturated carbocycles. The summed E-state index contributed by atoms with van der Waals surface area (Å²) in [5, 5.41) is 9.13. The molecule has 92 valence electrons. The smallest absolute Gasteiger partial charge is 0.257 e. The van der Waals surface area contributed by atoms with Crippen LogP contribution in [-0.2, 0) is 0 Å². The van der Waals surface area contributed by atoms with Gasteiger partial charge in [0.2, 0.25) is 0 Å². The quantitative estimate of drug-likeness (QED) is 0.818. The Hall–Kier alpha value is -1.20. The molecular formula is C11H12ClFN2O2. The molecule has 0 aliphatic carbocycles. The van der Waals surface area contributed by atoms with E-state index in [1.54, 1.807) is 0 Å². The number of aliphatic hydroxyl groups excluding tert-OH is 1. The van der Waals surface area contributed by atoms with Crippen LogP contribution >= 0.6 is 11.6 Å². The lowest BCUT2D eigenvalue weighted by atomic mass is 10.2. The molecule has 1 aliphatic rings. The highest BCUT2D eigenvalue weighted by Gasteiger charge is 2.30. The van der Waals surface area contributed by atoms with E-state index < -0.39 is 5.82 Å². The molecule has 6 heteroatoms. The normalized spacial score (nSPS) is 19.7. The molecule has 1 fully saturated rings. The van der Waals surface area contributed by atoms with Gasteiger partial charge in [0.25, 0.3) is 5.91 Å². The van der Waals surface area contributed by atoms with Crippen LogP contribution in [-0.4, -0.2) is 40.1 Å². The predicted molar refractivity (Wildman–Crippen MR) is 60.3 cm³/mol. The first kappa shape index (κ1) is 12.3. The standard InChI is InChI=1S/C11H12ClFN2O2/c12-10-9(4-7(13)5-14-10)11(17)15-3-1-2-8(15)6-16/h4-5,8,16H,1-3,6H2/t8-/m1/s1. The Morgan fingerprint density at radius 2 is 2.47 bits per heavy atom. The van der Waals surface area contributed by atoms with Gasteiger partial charge in [-0.15, -0.1) is 0 Å². The fraction of sp³-hybridized carbons (Fsp3) is 0.455. The minimum absolute atomic E-state index is 0.0139. The number of carbonyl (C=O) groups excluding carboxylic acids is 1. The van der Waals surface area contributed by atoms with E-state index in [0.717, 1.165) is 25.1 Å². The zero-order valence-corrected chi connectivity index (χ0v) is 9.82. The lowest BCUT2D eigenvalue weighted by Crippen LogP contribution is -2.37. The van der Waals surface area contributed by atoms with E-state index in [0.29, 0.717) is 6.54 Å². The molecule has 1 saturated heterocycles. The van der Waals surface area contributed by atoms with Crippen molar-refractivity contribution in [3.05, 3.63) is 28.8 Å². The van der Waals surface area contributed by atoms with Crippen molar-refractivity contribution in [2.24, 2.45) is 0 Å². The number of pyridine rings is 1. The van der Waals surface area contributed by atoms with Gasteiger partial charge in [0.1, 0.15) is 11.0 Å². The van der Waals surface area contributed by atoms with Gasteiger partial charge in [-0.05, 0) is 18.9 Å². The van der Waals surface area contributed by atoms with Gasteiger partial charge < -0.3 is 10.0 Å². The van der Waals surface area contributed by atoms with E-state index in [4.69, 9.17) is 16.7 Å². The highest BCUT2D eigenvalue weighted by Crippen LogP contribution is 2.22. The third-order valence-corrected chi connectivity index (χ3v) is 3.19. The molecule has 4 nitrogen and oxygen atoms in total. The Bertz CT molecular complexity index is 441. The topological polar surface area (TPSA) is 53.4 Å². The maximum atomic E-state index is 13.0. The molecule has 2 heterocycles. The molecule has 1 aromatic heterocycles. The van der Waals surface area contributed by atoms with Crippen molar-refractivity contribution in [3.8, 4) is 0 Å². The van der Waals surface area contributed by atoms with Crippen LogP contribution in [0.4, 0.5) is 4.39 Å². The lowest BCUT2D eigenvalue weighted by molar-refractivity contribution is 0.0677. The zero-order valence-electron chi connectivity index (χ0n) is 9.07. The molecule has 1 amide bonds. The molecule has 1 aliphatic heterocycles. The maximum absolute atomic E-state index is 13.0. The summed E-state index contributed by atoms with van der Waals surface area (Å²) in [5.74, 6) is -0.976. The van der Waals surface area contributed by atoms with Crippen molar-refractivity contribution in [3.63, 3.8) is 0 Å². The second-order valence-corrected chi connectivity index (χ2v) is 4.33. The van der Waals surface area contributed by atoms with Crippen molar-refractivity contribution >= 4 is 17.5 Å². The van der Waals surface area contributed by atoms with Crippen LogP contribution in [0.5, 0.6) is 0 Å². The van der Waals surface area contributed by atoms with Crippen molar-refractivity contribution in [1.29, 1.82) is 0 Å². The SMILES string of the molecule is O=C(c1cc(F)cnc1Cl)N1CCC[C@@H]1CO. The van der Waals surface area contributed by atoms with E-state index in [9.17, 15) is 9.18 Å². The van der Waals surface area contributed by atoms with Crippen LogP contribution in [0.2, 0.25) is 5.15 Å². The summed E-state index contributed by atoms with van der Waals surface area (Å²) in [7, 11) is 0. The minimum Gasteiger partial charge on any atom is -0.394 e. The number of aromatic nitrogens is 1. The summed E-state index contributed by atoms with van der Waals surface area (Å²) >= 11 is 5.77. The van der Waals surface area contributed by atoms with Crippen molar-refractivity contribution in [2.75, 3.05) is 13.2 Å². The first-order valence-electron chi connectivity index (χ1n) is 5.36. The van der Waals surface area contributed by atoms with Gasteiger partial charge in [0.05, 0.1) is 24.4 Å². The highest BCUT2D eigenvalue weighted by molar-refractivity contribution is 6.32. The second-order valence-electron chi connectivity index (χ2n) is 3.97. The second kappa shape index (κ2) is 4.98. The van der Waals surface area contributed by atoms with E-state index in [1.165, 1.54) is 4.90 Å². The van der Waals surface area contributed by atoms with E-state index in [2.05, 4.69) is 4.98 Å². The zero-order chi connectivity index (χ0) is 12.4. The van der Waals surface area contributed by atoms with Crippen LogP contribution in [0.1, 0.15) is 23.2 Å². The Kier molecular flexibility index (Phi) is 3.59.